The van der Waals surface area contributed by atoms with Crippen LogP contribution < -0.4 is 10.3 Å². The maximum Gasteiger partial charge on any atom is 0.280 e. The number of hydrogen-bond donors (Lipinski definition) is 1. The molecule has 0 saturated heterocycles. The molecule has 27 heavy (non-hydrogen) atoms. The third kappa shape index (κ3) is 4.08. The zero-order valence-electron chi connectivity index (χ0n) is 14.6. The molecule has 0 bridgehead atoms. The van der Waals surface area contributed by atoms with Gasteiger partial charge in [0.2, 0.25) is 0 Å². The highest BCUT2D eigenvalue weighted by Gasteiger charge is 2.11. The van der Waals surface area contributed by atoms with Crippen molar-refractivity contribution in [3.8, 4) is 16.8 Å². The summed E-state index contributed by atoms with van der Waals surface area (Å²) >= 11 is 7.05. The van der Waals surface area contributed by atoms with Crippen LogP contribution in [0.4, 0.5) is 5.69 Å². The molecule has 8 heteroatoms. The standard InChI is InChI=1S/C19H15ClN4O2S/c1-12-16(19(25)24(23-12)14-5-3-4-13(20)8-14)10-22-17-7-6-15(27-11-21)9-18(17)26-2/h3-10,23H,1-2H3. The molecule has 0 atom stereocenters. The number of nitrogens with zero attached hydrogens (tertiary/aromatic N) is 3. The maximum atomic E-state index is 12.7. The number of aromatic amines is 1. The van der Waals surface area contributed by atoms with Gasteiger partial charge in [-0.05, 0) is 55.1 Å². The molecule has 0 unspecified atom stereocenters. The molecular weight excluding hydrogens is 384 g/mol. The van der Waals surface area contributed by atoms with Crippen molar-refractivity contribution in [3.63, 3.8) is 0 Å². The number of halogens is 1. The van der Waals surface area contributed by atoms with E-state index >= 15 is 0 Å². The predicted octanol–water partition coefficient (Wildman–Crippen LogP) is 4.46. The van der Waals surface area contributed by atoms with Gasteiger partial charge in [0.05, 0.1) is 18.4 Å². The number of aromatic nitrogens is 2. The average Bonchev–Trinajstić information content (AvgIpc) is 2.95. The van der Waals surface area contributed by atoms with Crippen molar-refractivity contribution in [1.82, 2.24) is 9.78 Å². The molecule has 3 aromatic rings. The molecule has 0 aliphatic heterocycles. The SMILES string of the molecule is COc1cc(SC#N)ccc1N=Cc1c(C)[nH]n(-c2cccc(Cl)c2)c1=O. The average molecular weight is 399 g/mol. The summed E-state index contributed by atoms with van der Waals surface area (Å²) in [5.41, 5.74) is 2.10. The molecular formula is C19H15ClN4O2S. The summed E-state index contributed by atoms with van der Waals surface area (Å²) in [4.78, 5) is 17.9. The van der Waals surface area contributed by atoms with Crippen LogP contribution in [0.1, 0.15) is 11.3 Å². The van der Waals surface area contributed by atoms with Gasteiger partial charge in [-0.1, -0.05) is 17.7 Å². The van der Waals surface area contributed by atoms with Gasteiger partial charge in [0, 0.05) is 21.8 Å². The molecule has 6 nitrogen and oxygen atoms in total. The molecule has 0 spiro atoms. The lowest BCUT2D eigenvalue weighted by Crippen LogP contribution is -2.17. The molecule has 136 valence electrons. The number of nitriles is 1. The summed E-state index contributed by atoms with van der Waals surface area (Å²) in [6.07, 6.45) is 1.50. The van der Waals surface area contributed by atoms with Crippen molar-refractivity contribution in [1.29, 1.82) is 5.26 Å². The highest BCUT2D eigenvalue weighted by Crippen LogP contribution is 2.32. The monoisotopic (exact) mass is 398 g/mol. The van der Waals surface area contributed by atoms with Crippen LogP contribution in [0.2, 0.25) is 5.02 Å². The quantitative estimate of drug-likeness (QED) is 0.390. The molecule has 1 aromatic heterocycles. The Labute approximate surface area is 165 Å². The van der Waals surface area contributed by atoms with E-state index in [1.54, 1.807) is 49.4 Å². The maximum absolute atomic E-state index is 12.7. The fourth-order valence-corrected chi connectivity index (χ4v) is 3.12. The minimum atomic E-state index is -0.228. The molecule has 1 heterocycles. The lowest BCUT2D eigenvalue weighted by atomic mass is 10.2. The third-order valence-electron chi connectivity index (χ3n) is 3.83. The van der Waals surface area contributed by atoms with E-state index in [0.29, 0.717) is 33.4 Å². The van der Waals surface area contributed by atoms with Crippen molar-refractivity contribution in [3.05, 3.63) is 69.1 Å². The first-order chi connectivity index (χ1) is 13.0. The van der Waals surface area contributed by atoms with Gasteiger partial charge in [0.25, 0.3) is 5.56 Å². The van der Waals surface area contributed by atoms with Crippen LogP contribution in [0, 0.1) is 17.6 Å². The van der Waals surface area contributed by atoms with Gasteiger partial charge in [0.1, 0.15) is 16.8 Å². The van der Waals surface area contributed by atoms with Crippen molar-refractivity contribution in [2.24, 2.45) is 4.99 Å². The number of aliphatic imine (C=N–C) groups is 1. The second kappa shape index (κ2) is 8.16. The summed E-state index contributed by atoms with van der Waals surface area (Å²) in [6.45, 7) is 1.80. The molecule has 3 rings (SSSR count). The van der Waals surface area contributed by atoms with Gasteiger partial charge in [-0.25, -0.2) is 4.68 Å². The van der Waals surface area contributed by atoms with E-state index in [1.165, 1.54) is 18.0 Å². The summed E-state index contributed by atoms with van der Waals surface area (Å²) in [6, 6.07) is 12.3. The van der Waals surface area contributed by atoms with Gasteiger partial charge >= 0.3 is 0 Å². The Morgan fingerprint density at radius 3 is 2.85 bits per heavy atom. The van der Waals surface area contributed by atoms with E-state index in [4.69, 9.17) is 21.6 Å². The second-order valence-corrected chi connectivity index (χ2v) is 6.85. The number of H-pyrrole nitrogens is 1. The summed E-state index contributed by atoms with van der Waals surface area (Å²) in [5, 5.41) is 14.4. The van der Waals surface area contributed by atoms with Crippen LogP contribution in [0.5, 0.6) is 5.75 Å². The van der Waals surface area contributed by atoms with E-state index in [2.05, 4.69) is 10.1 Å². The molecule has 2 aromatic carbocycles. The minimum Gasteiger partial charge on any atom is -0.494 e. The number of thioether (sulfide) groups is 1. The van der Waals surface area contributed by atoms with E-state index in [1.807, 2.05) is 5.40 Å². The molecule has 0 amide bonds. The third-order valence-corrected chi connectivity index (χ3v) is 4.65. The van der Waals surface area contributed by atoms with Gasteiger partial charge in [-0.2, -0.15) is 5.26 Å². The Kier molecular flexibility index (Phi) is 5.69. The number of ether oxygens (including phenoxy) is 1. The lowest BCUT2D eigenvalue weighted by molar-refractivity contribution is 0.415. The number of thiocyanates is 1. The van der Waals surface area contributed by atoms with Crippen molar-refractivity contribution < 1.29 is 4.74 Å². The Morgan fingerprint density at radius 1 is 1.33 bits per heavy atom. The topological polar surface area (TPSA) is 83.2 Å². The molecule has 0 radical (unpaired) electrons. The largest absolute Gasteiger partial charge is 0.494 e. The Balaban J connectivity index is 1.97. The number of methoxy groups -OCH3 is 1. The van der Waals surface area contributed by atoms with Crippen LogP contribution in [-0.4, -0.2) is 23.1 Å². The van der Waals surface area contributed by atoms with Crippen molar-refractivity contribution >= 4 is 35.3 Å². The first-order valence-electron chi connectivity index (χ1n) is 7.89. The molecule has 0 saturated carbocycles. The Hall–Kier alpha value is -2.95. The van der Waals surface area contributed by atoms with E-state index in [9.17, 15) is 4.79 Å². The zero-order chi connectivity index (χ0) is 19.4. The fourth-order valence-electron chi connectivity index (χ4n) is 2.52. The van der Waals surface area contributed by atoms with E-state index in [0.717, 1.165) is 16.7 Å². The van der Waals surface area contributed by atoms with Crippen LogP contribution >= 0.6 is 23.4 Å². The molecule has 0 fully saturated rings. The Bertz CT molecular complexity index is 1110. The number of rotatable bonds is 5. The first-order valence-corrected chi connectivity index (χ1v) is 9.08. The normalized spacial score (nSPS) is 10.9. The predicted molar refractivity (Wildman–Crippen MR) is 108 cm³/mol. The van der Waals surface area contributed by atoms with E-state index < -0.39 is 0 Å². The summed E-state index contributed by atoms with van der Waals surface area (Å²) in [5.74, 6) is 0.523. The van der Waals surface area contributed by atoms with Crippen LogP contribution in [0.3, 0.4) is 0 Å². The summed E-state index contributed by atoms with van der Waals surface area (Å²) < 4.78 is 6.75. The van der Waals surface area contributed by atoms with Crippen LogP contribution in [-0.2, 0) is 0 Å². The highest BCUT2D eigenvalue weighted by atomic mass is 35.5. The van der Waals surface area contributed by atoms with Gasteiger partial charge in [-0.15, -0.1) is 0 Å². The second-order valence-electron chi connectivity index (χ2n) is 5.56. The zero-order valence-corrected chi connectivity index (χ0v) is 16.1. The first kappa shape index (κ1) is 18.8. The fraction of sp³-hybridized carbons (Fsp3) is 0.105. The number of benzene rings is 2. The number of nitrogens with one attached hydrogen (secondary N) is 1. The number of aryl methyl sites for hydroxylation is 1. The lowest BCUT2D eigenvalue weighted by Gasteiger charge is -2.05. The number of hydrogen-bond acceptors (Lipinski definition) is 5. The van der Waals surface area contributed by atoms with Gasteiger partial charge in [-0.3, -0.25) is 14.9 Å². The summed E-state index contributed by atoms with van der Waals surface area (Å²) in [7, 11) is 1.53. The van der Waals surface area contributed by atoms with Crippen LogP contribution in [0.15, 0.2) is 57.1 Å². The molecule has 0 aliphatic rings. The van der Waals surface area contributed by atoms with Crippen molar-refractivity contribution in [2.75, 3.05) is 7.11 Å². The highest BCUT2D eigenvalue weighted by molar-refractivity contribution is 8.03. The Morgan fingerprint density at radius 2 is 2.15 bits per heavy atom. The van der Waals surface area contributed by atoms with Crippen molar-refractivity contribution in [2.45, 2.75) is 11.8 Å². The minimum absolute atomic E-state index is 0.228. The van der Waals surface area contributed by atoms with Gasteiger partial charge < -0.3 is 4.74 Å². The smallest absolute Gasteiger partial charge is 0.280 e. The molecule has 0 aliphatic carbocycles. The molecule has 1 N–H and O–H groups in total. The van der Waals surface area contributed by atoms with E-state index in [-0.39, 0.29) is 5.56 Å². The van der Waals surface area contributed by atoms with Crippen LogP contribution in [0.25, 0.3) is 5.69 Å². The van der Waals surface area contributed by atoms with Gasteiger partial charge in [0.15, 0.2) is 0 Å².